The van der Waals surface area contributed by atoms with E-state index in [1.165, 1.54) is 18.0 Å². The first-order chi connectivity index (χ1) is 21.9. The zero-order valence-electron chi connectivity index (χ0n) is 25.2. The van der Waals surface area contributed by atoms with Gasteiger partial charge in [0.25, 0.3) is 0 Å². The molecule has 0 atom stereocenters. The second-order valence-electron chi connectivity index (χ2n) is 12.0. The van der Waals surface area contributed by atoms with Crippen LogP contribution in [0.1, 0.15) is 47.3 Å². The number of aryl methyl sites for hydroxylation is 2. The summed E-state index contributed by atoms with van der Waals surface area (Å²) in [5, 5.41) is 11.3. The number of fused-ring (bicyclic) bond motifs is 2. The number of carboxylic acids is 1. The lowest BCUT2D eigenvalue weighted by atomic mass is 9.91. The highest BCUT2D eigenvalue weighted by atomic mass is 16.4. The Kier molecular flexibility index (Phi) is 7.67. The molecule has 1 saturated heterocycles. The minimum atomic E-state index is -1.01. The van der Waals surface area contributed by atoms with Crippen LogP contribution in [0.25, 0.3) is 33.2 Å². The molecule has 2 aliphatic rings. The van der Waals surface area contributed by atoms with E-state index in [1.54, 1.807) is 4.90 Å². The van der Waals surface area contributed by atoms with Crippen molar-refractivity contribution in [3.63, 3.8) is 0 Å². The highest BCUT2D eigenvalue weighted by Gasteiger charge is 2.23. The second-order valence-corrected chi connectivity index (χ2v) is 12.0. The van der Waals surface area contributed by atoms with Gasteiger partial charge >= 0.3 is 5.97 Å². The first kappa shape index (κ1) is 28.6. The summed E-state index contributed by atoms with van der Waals surface area (Å²) >= 11 is 0. The summed E-state index contributed by atoms with van der Waals surface area (Å²) in [5.41, 5.74) is 7.55. The third-order valence-electron chi connectivity index (χ3n) is 9.21. The van der Waals surface area contributed by atoms with E-state index in [0.29, 0.717) is 18.3 Å². The number of nitrogens with zero attached hydrogens (tertiary/aromatic N) is 6. The number of anilines is 2. The van der Waals surface area contributed by atoms with Crippen LogP contribution in [0.4, 0.5) is 11.6 Å². The van der Waals surface area contributed by atoms with Gasteiger partial charge in [-0.1, -0.05) is 24.3 Å². The molecule has 45 heavy (non-hydrogen) atoms. The largest absolute Gasteiger partial charge is 0.478 e. The Morgan fingerprint density at radius 1 is 0.889 bits per heavy atom. The normalized spacial score (nSPS) is 15.4. The van der Waals surface area contributed by atoms with Crippen molar-refractivity contribution < 1.29 is 14.7 Å². The lowest BCUT2D eigenvalue weighted by Crippen LogP contribution is -2.35. The Labute approximate surface area is 261 Å². The Morgan fingerprint density at radius 3 is 2.44 bits per heavy atom. The predicted molar refractivity (Wildman–Crippen MR) is 174 cm³/mol. The number of hydrogen-bond acceptors (Lipinski definition) is 7. The third-order valence-corrected chi connectivity index (χ3v) is 9.21. The van der Waals surface area contributed by atoms with E-state index in [9.17, 15) is 9.59 Å². The summed E-state index contributed by atoms with van der Waals surface area (Å²) in [6.45, 7) is 1.73. The molecule has 2 aliphatic heterocycles. The van der Waals surface area contributed by atoms with Crippen molar-refractivity contribution in [3.8, 4) is 22.4 Å². The molecule has 1 fully saturated rings. The fraction of sp³-hybridized carbons (Fsp3) is 0.278. The number of piperidine rings is 1. The summed E-state index contributed by atoms with van der Waals surface area (Å²) in [4.78, 5) is 45.1. The molecular formula is C36H34N6O3. The van der Waals surface area contributed by atoms with Crippen molar-refractivity contribution in [1.29, 1.82) is 0 Å². The van der Waals surface area contributed by atoms with E-state index in [2.05, 4.69) is 69.5 Å². The molecule has 0 aliphatic carbocycles. The van der Waals surface area contributed by atoms with Crippen LogP contribution in [-0.2, 0) is 17.6 Å². The fourth-order valence-corrected chi connectivity index (χ4v) is 6.50. The Hall–Kier alpha value is -5.18. The quantitative estimate of drug-likeness (QED) is 0.235. The van der Waals surface area contributed by atoms with E-state index in [1.807, 2.05) is 19.4 Å². The van der Waals surface area contributed by atoms with Crippen molar-refractivity contribution in [3.05, 3.63) is 96.2 Å². The van der Waals surface area contributed by atoms with E-state index < -0.39 is 5.97 Å². The Bertz CT molecular complexity index is 1880. The van der Waals surface area contributed by atoms with Crippen LogP contribution in [0, 0.1) is 5.92 Å². The number of carboxylic acid groups (broad SMARTS) is 1. The molecule has 0 saturated carbocycles. The van der Waals surface area contributed by atoms with Gasteiger partial charge in [-0.3, -0.25) is 14.8 Å². The minimum Gasteiger partial charge on any atom is -0.478 e. The van der Waals surface area contributed by atoms with Gasteiger partial charge in [0.05, 0.1) is 11.3 Å². The molecule has 0 radical (unpaired) electrons. The lowest BCUT2D eigenvalue weighted by molar-refractivity contribution is -0.118. The van der Waals surface area contributed by atoms with Crippen molar-refractivity contribution in [2.75, 3.05) is 29.9 Å². The molecule has 2 aromatic carbocycles. The van der Waals surface area contributed by atoms with Crippen LogP contribution in [0.15, 0.2) is 79.4 Å². The van der Waals surface area contributed by atoms with Crippen molar-refractivity contribution in [2.45, 2.75) is 38.5 Å². The number of carbonyl (C=O) groups is 2. The highest BCUT2D eigenvalue weighted by molar-refractivity contribution is 5.99. The van der Waals surface area contributed by atoms with E-state index >= 15 is 0 Å². The molecule has 0 bridgehead atoms. The fourth-order valence-electron chi connectivity index (χ4n) is 6.50. The monoisotopic (exact) mass is 598 g/mol. The van der Waals surface area contributed by atoms with Gasteiger partial charge in [-0.2, -0.15) is 0 Å². The van der Waals surface area contributed by atoms with Crippen LogP contribution in [-0.4, -0.2) is 57.1 Å². The number of aromatic carboxylic acids is 1. The summed E-state index contributed by atoms with van der Waals surface area (Å²) < 4.78 is 0. The zero-order valence-corrected chi connectivity index (χ0v) is 25.2. The van der Waals surface area contributed by atoms with Crippen LogP contribution < -0.4 is 9.80 Å². The molecule has 1 amide bonds. The lowest BCUT2D eigenvalue weighted by Gasteiger charge is -2.32. The summed E-state index contributed by atoms with van der Waals surface area (Å²) in [6, 6.07) is 19.1. The van der Waals surface area contributed by atoms with Crippen molar-refractivity contribution in [1.82, 2.24) is 19.9 Å². The molecule has 7 rings (SSSR count). The van der Waals surface area contributed by atoms with Gasteiger partial charge in [0.2, 0.25) is 11.9 Å². The summed E-state index contributed by atoms with van der Waals surface area (Å²) in [7, 11) is 1.85. The molecular weight excluding hydrogens is 564 g/mol. The molecule has 0 spiro atoms. The number of amides is 1. The van der Waals surface area contributed by atoms with E-state index in [4.69, 9.17) is 15.1 Å². The van der Waals surface area contributed by atoms with Crippen molar-refractivity contribution >= 4 is 34.3 Å². The van der Waals surface area contributed by atoms with Crippen LogP contribution >= 0.6 is 0 Å². The average Bonchev–Trinajstić information content (AvgIpc) is 3.09. The summed E-state index contributed by atoms with van der Waals surface area (Å²) in [6.07, 6.45) is 12.0. The third kappa shape index (κ3) is 5.85. The average molecular weight is 599 g/mol. The maximum Gasteiger partial charge on any atom is 0.338 e. The van der Waals surface area contributed by atoms with Crippen LogP contribution in [0.3, 0.4) is 0 Å². The topological polar surface area (TPSA) is 112 Å². The molecule has 5 heterocycles. The molecule has 9 heteroatoms. The van der Waals surface area contributed by atoms with Gasteiger partial charge in [-0.25, -0.2) is 14.8 Å². The molecule has 1 N–H and O–H groups in total. The molecule has 5 aromatic rings. The second kappa shape index (κ2) is 12.1. The smallest absolute Gasteiger partial charge is 0.338 e. The maximum absolute atomic E-state index is 12.1. The summed E-state index contributed by atoms with van der Waals surface area (Å²) in [5.74, 6) is 0.355. The number of hydrogen-bond donors (Lipinski definition) is 1. The van der Waals surface area contributed by atoms with Crippen LogP contribution in [0.2, 0.25) is 0 Å². The highest BCUT2D eigenvalue weighted by Crippen LogP contribution is 2.35. The van der Waals surface area contributed by atoms with E-state index in [0.717, 1.165) is 89.7 Å². The molecule has 226 valence electrons. The van der Waals surface area contributed by atoms with Gasteiger partial charge in [-0.05, 0) is 90.4 Å². The SMILES string of the molecule is CN1C(=O)CCc2cc(-c3cccc4cc(-c5ccc(CCC6CCN(c7ncc(C(=O)O)cn7)CC6)nc5)ncc34)ccc21. The van der Waals surface area contributed by atoms with Crippen molar-refractivity contribution in [2.24, 2.45) is 5.92 Å². The van der Waals surface area contributed by atoms with Crippen LogP contribution in [0.5, 0.6) is 0 Å². The van der Waals surface area contributed by atoms with E-state index in [-0.39, 0.29) is 11.5 Å². The van der Waals surface area contributed by atoms with Gasteiger partial charge in [0.1, 0.15) is 0 Å². The minimum absolute atomic E-state index is 0.105. The predicted octanol–water partition coefficient (Wildman–Crippen LogP) is 6.21. The number of aromatic nitrogens is 4. The molecule has 3 aromatic heterocycles. The van der Waals surface area contributed by atoms with Gasteiger partial charge in [0, 0.05) is 73.7 Å². The first-order valence-electron chi connectivity index (χ1n) is 15.5. The Morgan fingerprint density at radius 2 is 1.69 bits per heavy atom. The van der Waals surface area contributed by atoms with Gasteiger partial charge in [-0.15, -0.1) is 0 Å². The maximum atomic E-state index is 12.1. The zero-order chi connectivity index (χ0) is 30.9. The first-order valence-corrected chi connectivity index (χ1v) is 15.5. The standard InChI is InChI=1S/C36H34N6O3/c1-41-33-11-7-25(17-26(33)8-12-34(41)43)30-4-2-3-24-18-32(38-22-31(24)30)27-6-10-29(37-19-27)9-5-23-13-15-42(16-14-23)36-39-20-28(21-40-36)35(44)45/h2-4,6-7,10-11,17-23H,5,8-9,12-16H2,1H3,(H,44,45). The van der Waals surface area contributed by atoms with Gasteiger partial charge in [0.15, 0.2) is 0 Å². The Balaban J connectivity index is 0.988. The number of benzene rings is 2. The van der Waals surface area contributed by atoms with Gasteiger partial charge < -0.3 is 14.9 Å². The molecule has 9 nitrogen and oxygen atoms in total. The molecule has 0 unspecified atom stereocenters. The number of rotatable bonds is 7. The number of pyridine rings is 2. The number of carbonyl (C=O) groups excluding carboxylic acids is 1.